The van der Waals surface area contributed by atoms with Crippen molar-refractivity contribution in [3.05, 3.63) is 100 Å². The zero-order valence-electron chi connectivity index (χ0n) is 16.7. The van der Waals surface area contributed by atoms with Gasteiger partial charge in [-0.1, -0.05) is 42.1 Å². The molecule has 0 bridgehead atoms. The highest BCUT2D eigenvalue weighted by Crippen LogP contribution is 2.19. The molecule has 0 radical (unpaired) electrons. The molecule has 31 heavy (non-hydrogen) atoms. The summed E-state index contributed by atoms with van der Waals surface area (Å²) in [4.78, 5) is 41.8. The summed E-state index contributed by atoms with van der Waals surface area (Å²) in [6.45, 7) is 0. The third-order valence-corrected chi connectivity index (χ3v) is 5.81. The number of para-hydroxylation sites is 1. The minimum Gasteiger partial charge on any atom is -0.322 e. The largest absolute Gasteiger partial charge is 0.322 e. The van der Waals surface area contributed by atoms with E-state index in [0.29, 0.717) is 32.9 Å². The van der Waals surface area contributed by atoms with Crippen LogP contribution in [0.25, 0.3) is 10.9 Å². The van der Waals surface area contributed by atoms with Gasteiger partial charge in [-0.3, -0.25) is 19.0 Å². The average molecular weight is 430 g/mol. The van der Waals surface area contributed by atoms with Crippen molar-refractivity contribution >= 4 is 40.0 Å². The minimum atomic E-state index is -0.210. The van der Waals surface area contributed by atoms with Gasteiger partial charge in [0.15, 0.2) is 10.9 Å². The number of fused-ring (bicyclic) bond motifs is 1. The van der Waals surface area contributed by atoms with Crippen molar-refractivity contribution < 1.29 is 9.59 Å². The molecular weight excluding hydrogens is 410 g/mol. The molecule has 7 heteroatoms. The molecule has 1 heterocycles. The summed E-state index contributed by atoms with van der Waals surface area (Å²) in [7, 11) is 1.65. The van der Waals surface area contributed by atoms with Gasteiger partial charge in [0, 0.05) is 23.9 Å². The quantitative estimate of drug-likeness (QED) is 0.283. The van der Waals surface area contributed by atoms with Crippen molar-refractivity contribution in [2.24, 2.45) is 7.05 Å². The van der Waals surface area contributed by atoms with Crippen molar-refractivity contribution in [2.75, 3.05) is 11.1 Å². The highest BCUT2D eigenvalue weighted by molar-refractivity contribution is 7.99. The third-order valence-electron chi connectivity index (χ3n) is 4.78. The van der Waals surface area contributed by atoms with Crippen molar-refractivity contribution in [3.63, 3.8) is 0 Å². The zero-order valence-corrected chi connectivity index (χ0v) is 17.6. The highest BCUT2D eigenvalue weighted by Gasteiger charge is 2.12. The van der Waals surface area contributed by atoms with E-state index in [1.165, 1.54) is 16.3 Å². The van der Waals surface area contributed by atoms with E-state index in [0.717, 1.165) is 0 Å². The van der Waals surface area contributed by atoms with Crippen LogP contribution in [0.4, 0.5) is 5.69 Å². The van der Waals surface area contributed by atoms with E-state index in [1.54, 1.807) is 73.8 Å². The van der Waals surface area contributed by atoms with E-state index in [2.05, 4.69) is 10.3 Å². The molecule has 6 nitrogen and oxygen atoms in total. The number of rotatable bonds is 6. The summed E-state index contributed by atoms with van der Waals surface area (Å²) in [6.07, 6.45) is 0. The predicted octanol–water partition coefficient (Wildman–Crippen LogP) is 4.16. The van der Waals surface area contributed by atoms with Gasteiger partial charge in [0.2, 0.25) is 0 Å². The normalized spacial score (nSPS) is 10.7. The van der Waals surface area contributed by atoms with Gasteiger partial charge in [0.25, 0.3) is 11.5 Å². The fraction of sp³-hybridized carbons (Fsp3) is 0.0833. The first-order chi connectivity index (χ1) is 15.0. The molecule has 0 unspecified atom stereocenters. The number of carbonyl (C=O) groups excluding carboxylic acids is 2. The average Bonchev–Trinajstić information content (AvgIpc) is 2.81. The Balaban J connectivity index is 1.42. The molecule has 0 fully saturated rings. The second kappa shape index (κ2) is 8.97. The molecule has 0 spiro atoms. The van der Waals surface area contributed by atoms with Crippen LogP contribution in [-0.4, -0.2) is 27.0 Å². The summed E-state index contributed by atoms with van der Waals surface area (Å²) < 4.78 is 1.46. The van der Waals surface area contributed by atoms with E-state index in [-0.39, 0.29) is 23.0 Å². The summed E-state index contributed by atoms with van der Waals surface area (Å²) in [5, 5.41) is 3.85. The summed E-state index contributed by atoms with van der Waals surface area (Å²) in [5.41, 5.74) is 2.17. The maximum atomic E-state index is 12.6. The van der Waals surface area contributed by atoms with Crippen LogP contribution in [-0.2, 0) is 7.05 Å². The molecule has 3 aromatic carbocycles. The van der Waals surface area contributed by atoms with Gasteiger partial charge in [-0.05, 0) is 48.5 Å². The molecular formula is C24H19N3O3S. The number of benzene rings is 3. The number of amides is 1. The van der Waals surface area contributed by atoms with Gasteiger partial charge in [0.1, 0.15) is 0 Å². The SMILES string of the molecule is Cn1c(SCC(=O)c2ccc(NC(=O)c3ccccc3)cc2)nc2ccccc2c1=O. The molecule has 0 aliphatic rings. The van der Waals surface area contributed by atoms with Crippen LogP contribution < -0.4 is 10.9 Å². The Bertz CT molecular complexity index is 1320. The van der Waals surface area contributed by atoms with E-state index in [1.807, 2.05) is 12.1 Å². The van der Waals surface area contributed by atoms with Crippen LogP contribution in [0.3, 0.4) is 0 Å². The number of nitrogens with zero attached hydrogens (tertiary/aromatic N) is 2. The number of anilines is 1. The first kappa shape index (κ1) is 20.6. The van der Waals surface area contributed by atoms with Gasteiger partial charge < -0.3 is 5.32 Å². The Hall–Kier alpha value is -3.71. The highest BCUT2D eigenvalue weighted by atomic mass is 32.2. The number of carbonyl (C=O) groups is 2. The summed E-state index contributed by atoms with van der Waals surface area (Å²) in [6, 6.07) is 22.8. The van der Waals surface area contributed by atoms with Crippen LogP contribution >= 0.6 is 11.8 Å². The summed E-state index contributed by atoms with van der Waals surface area (Å²) in [5.74, 6) is -0.152. The third kappa shape index (κ3) is 4.57. The first-order valence-electron chi connectivity index (χ1n) is 9.61. The van der Waals surface area contributed by atoms with Gasteiger partial charge in [-0.2, -0.15) is 0 Å². The number of nitrogens with one attached hydrogen (secondary N) is 1. The lowest BCUT2D eigenvalue weighted by Gasteiger charge is -2.09. The number of ketones is 1. The number of thioether (sulfide) groups is 1. The van der Waals surface area contributed by atoms with E-state index < -0.39 is 0 Å². The molecule has 4 aromatic rings. The lowest BCUT2D eigenvalue weighted by atomic mass is 10.1. The van der Waals surface area contributed by atoms with Crippen LogP contribution in [0.1, 0.15) is 20.7 Å². The molecule has 154 valence electrons. The van der Waals surface area contributed by atoms with Crippen molar-refractivity contribution in [1.29, 1.82) is 0 Å². The molecule has 0 saturated heterocycles. The number of aromatic nitrogens is 2. The van der Waals surface area contributed by atoms with Crippen molar-refractivity contribution in [1.82, 2.24) is 9.55 Å². The number of Topliss-reactive ketones (excluding diaryl/α,β-unsaturated/α-hetero) is 1. The number of hydrogen-bond donors (Lipinski definition) is 1. The van der Waals surface area contributed by atoms with Gasteiger partial charge >= 0.3 is 0 Å². The molecule has 0 saturated carbocycles. The lowest BCUT2D eigenvalue weighted by Crippen LogP contribution is -2.20. The summed E-state index contributed by atoms with van der Waals surface area (Å²) >= 11 is 1.22. The molecule has 1 aromatic heterocycles. The number of hydrogen-bond acceptors (Lipinski definition) is 5. The molecule has 1 amide bonds. The maximum Gasteiger partial charge on any atom is 0.261 e. The second-order valence-electron chi connectivity index (χ2n) is 6.89. The molecule has 0 atom stereocenters. The van der Waals surface area contributed by atoms with Gasteiger partial charge in [-0.25, -0.2) is 4.98 Å². The Morgan fingerprint density at radius 1 is 0.903 bits per heavy atom. The van der Waals surface area contributed by atoms with Crippen LogP contribution in [0.15, 0.2) is 88.8 Å². The first-order valence-corrected chi connectivity index (χ1v) is 10.6. The van der Waals surface area contributed by atoms with E-state index in [9.17, 15) is 14.4 Å². The molecule has 0 aliphatic heterocycles. The topological polar surface area (TPSA) is 81.1 Å². The molecule has 4 rings (SSSR count). The van der Waals surface area contributed by atoms with Gasteiger partial charge in [0.05, 0.1) is 16.7 Å². The Kier molecular flexibility index (Phi) is 5.95. The smallest absolute Gasteiger partial charge is 0.261 e. The van der Waals surface area contributed by atoms with E-state index in [4.69, 9.17) is 0 Å². The van der Waals surface area contributed by atoms with Crippen molar-refractivity contribution in [3.8, 4) is 0 Å². The van der Waals surface area contributed by atoms with Crippen LogP contribution in [0.2, 0.25) is 0 Å². The standard InChI is InChI=1S/C24H19N3O3S/c1-27-23(30)19-9-5-6-10-20(19)26-24(27)31-15-21(28)16-11-13-18(14-12-16)25-22(29)17-7-3-2-4-8-17/h2-14H,15H2,1H3,(H,25,29). The van der Waals surface area contributed by atoms with Gasteiger partial charge in [-0.15, -0.1) is 0 Å². The fourth-order valence-corrected chi connectivity index (χ4v) is 3.94. The van der Waals surface area contributed by atoms with Crippen LogP contribution in [0.5, 0.6) is 0 Å². The van der Waals surface area contributed by atoms with Crippen molar-refractivity contribution in [2.45, 2.75) is 5.16 Å². The Morgan fingerprint density at radius 2 is 1.58 bits per heavy atom. The fourth-order valence-electron chi connectivity index (χ4n) is 3.07. The Labute approximate surface area is 182 Å². The minimum absolute atomic E-state index is 0.0895. The Morgan fingerprint density at radius 3 is 2.32 bits per heavy atom. The molecule has 1 N–H and O–H groups in total. The molecule has 0 aliphatic carbocycles. The monoisotopic (exact) mass is 429 g/mol. The lowest BCUT2D eigenvalue weighted by molar-refractivity contribution is 0.101. The predicted molar refractivity (Wildman–Crippen MR) is 123 cm³/mol. The second-order valence-corrected chi connectivity index (χ2v) is 7.83. The zero-order chi connectivity index (χ0) is 21.8. The van der Waals surface area contributed by atoms with Crippen LogP contribution in [0, 0.1) is 0 Å². The maximum absolute atomic E-state index is 12.6. The van der Waals surface area contributed by atoms with E-state index >= 15 is 0 Å².